The first-order chi connectivity index (χ1) is 8.50. The van der Waals surface area contributed by atoms with E-state index in [-0.39, 0.29) is 17.3 Å². The summed E-state index contributed by atoms with van der Waals surface area (Å²) in [5.74, 6) is -0.992. The van der Waals surface area contributed by atoms with Crippen molar-refractivity contribution in [2.45, 2.75) is 6.92 Å². The van der Waals surface area contributed by atoms with Crippen molar-refractivity contribution in [2.75, 3.05) is 11.1 Å². The van der Waals surface area contributed by atoms with E-state index in [1.807, 2.05) is 0 Å². The number of aryl methyl sites for hydroxylation is 1. The second-order valence-electron chi connectivity index (χ2n) is 3.60. The average Bonchev–Trinajstić information content (AvgIpc) is 2.35. The lowest BCUT2D eigenvalue weighted by Gasteiger charge is -2.11. The van der Waals surface area contributed by atoms with Crippen molar-refractivity contribution in [1.29, 1.82) is 0 Å². The summed E-state index contributed by atoms with van der Waals surface area (Å²) in [6, 6.07) is 2.54. The number of rotatable bonds is 2. The minimum Gasteiger partial charge on any atom is -0.383 e. The Morgan fingerprint density at radius 1 is 1.28 bits per heavy atom. The molecule has 0 unspecified atom stereocenters. The van der Waals surface area contributed by atoms with Gasteiger partial charge in [0.15, 0.2) is 5.82 Å². The van der Waals surface area contributed by atoms with Crippen LogP contribution in [0.2, 0.25) is 0 Å². The van der Waals surface area contributed by atoms with Crippen LogP contribution in [0.15, 0.2) is 22.9 Å². The molecule has 3 N–H and O–H groups in total. The van der Waals surface area contributed by atoms with Gasteiger partial charge in [-0.3, -0.25) is 0 Å². The topological polar surface area (TPSA) is 63.8 Å². The number of nitrogen functional groups attached to an aromatic ring is 1. The Labute approximate surface area is 110 Å². The van der Waals surface area contributed by atoms with Gasteiger partial charge < -0.3 is 11.1 Å². The molecule has 0 amide bonds. The van der Waals surface area contributed by atoms with E-state index in [0.717, 1.165) is 0 Å². The van der Waals surface area contributed by atoms with Crippen molar-refractivity contribution in [3.05, 3.63) is 40.1 Å². The first-order valence-electron chi connectivity index (χ1n) is 4.98. The number of aromatic nitrogens is 2. The van der Waals surface area contributed by atoms with Crippen LogP contribution in [0.4, 0.5) is 26.1 Å². The fourth-order valence-corrected chi connectivity index (χ4v) is 1.66. The highest BCUT2D eigenvalue weighted by Crippen LogP contribution is 2.30. The van der Waals surface area contributed by atoms with Crippen LogP contribution >= 0.6 is 15.9 Å². The second-order valence-corrected chi connectivity index (χ2v) is 4.39. The van der Waals surface area contributed by atoms with E-state index in [2.05, 4.69) is 31.2 Å². The van der Waals surface area contributed by atoms with Crippen LogP contribution in [0.5, 0.6) is 0 Å². The Kier molecular flexibility index (Phi) is 3.42. The van der Waals surface area contributed by atoms with E-state index < -0.39 is 11.6 Å². The van der Waals surface area contributed by atoms with Gasteiger partial charge in [-0.25, -0.2) is 18.7 Å². The van der Waals surface area contributed by atoms with E-state index >= 15 is 0 Å². The number of halogens is 3. The second kappa shape index (κ2) is 4.85. The third-order valence-electron chi connectivity index (χ3n) is 2.34. The van der Waals surface area contributed by atoms with Gasteiger partial charge in [0, 0.05) is 0 Å². The molecule has 0 aliphatic rings. The van der Waals surface area contributed by atoms with Crippen LogP contribution < -0.4 is 11.1 Å². The van der Waals surface area contributed by atoms with Crippen LogP contribution in [-0.4, -0.2) is 9.97 Å². The van der Waals surface area contributed by atoms with Crippen LogP contribution in [0.3, 0.4) is 0 Å². The zero-order valence-corrected chi connectivity index (χ0v) is 10.9. The minimum absolute atomic E-state index is 0.181. The van der Waals surface area contributed by atoms with Crippen LogP contribution in [0.1, 0.15) is 5.56 Å². The summed E-state index contributed by atoms with van der Waals surface area (Å²) in [4.78, 5) is 7.60. The summed E-state index contributed by atoms with van der Waals surface area (Å²) in [6.07, 6.45) is 1.20. The summed E-state index contributed by atoms with van der Waals surface area (Å²) in [6.45, 7) is 1.54. The molecule has 0 aliphatic carbocycles. The zero-order valence-electron chi connectivity index (χ0n) is 9.34. The molecule has 0 atom stereocenters. The molecular weight excluding hydrogens is 306 g/mol. The zero-order chi connectivity index (χ0) is 13.3. The van der Waals surface area contributed by atoms with Crippen LogP contribution in [-0.2, 0) is 0 Å². The Hall–Kier alpha value is -1.76. The van der Waals surface area contributed by atoms with Crippen molar-refractivity contribution in [3.8, 4) is 0 Å². The van der Waals surface area contributed by atoms with E-state index in [1.165, 1.54) is 18.5 Å². The maximum atomic E-state index is 13.8. The molecule has 0 saturated carbocycles. The highest BCUT2D eigenvalue weighted by atomic mass is 79.9. The molecule has 2 rings (SSSR count). The van der Waals surface area contributed by atoms with Crippen LogP contribution in [0, 0.1) is 18.6 Å². The normalized spacial score (nSPS) is 10.4. The Morgan fingerprint density at radius 2 is 2.00 bits per heavy atom. The van der Waals surface area contributed by atoms with Gasteiger partial charge in [-0.15, -0.1) is 0 Å². The van der Waals surface area contributed by atoms with Crippen molar-refractivity contribution in [1.82, 2.24) is 9.97 Å². The summed E-state index contributed by atoms with van der Waals surface area (Å²) in [7, 11) is 0. The number of anilines is 3. The molecule has 0 saturated heterocycles. The van der Waals surface area contributed by atoms with E-state index in [4.69, 9.17) is 5.73 Å². The van der Waals surface area contributed by atoms with Gasteiger partial charge in [0.05, 0.1) is 0 Å². The molecule has 0 aliphatic heterocycles. The summed E-state index contributed by atoms with van der Waals surface area (Å²) in [5.41, 5.74) is 5.62. The summed E-state index contributed by atoms with van der Waals surface area (Å²) < 4.78 is 27.7. The smallest absolute Gasteiger partial charge is 0.152 e. The predicted molar refractivity (Wildman–Crippen MR) is 68.5 cm³/mol. The molecular formula is C11H9BrF2N4. The fourth-order valence-electron chi connectivity index (χ4n) is 1.36. The van der Waals surface area contributed by atoms with Gasteiger partial charge in [-0.1, -0.05) is 6.07 Å². The number of benzene rings is 1. The quantitative estimate of drug-likeness (QED) is 0.893. The lowest BCUT2D eigenvalue weighted by atomic mass is 10.2. The molecule has 1 aromatic carbocycles. The van der Waals surface area contributed by atoms with E-state index in [0.29, 0.717) is 10.0 Å². The highest BCUT2D eigenvalue weighted by molar-refractivity contribution is 9.10. The molecule has 94 valence electrons. The molecule has 0 fully saturated rings. The molecule has 2 aromatic rings. The average molecular weight is 315 g/mol. The molecule has 0 radical (unpaired) electrons. The number of hydrogen-bond donors (Lipinski definition) is 2. The van der Waals surface area contributed by atoms with E-state index in [9.17, 15) is 8.78 Å². The first-order valence-corrected chi connectivity index (χ1v) is 5.77. The van der Waals surface area contributed by atoms with Gasteiger partial charge in [0.1, 0.15) is 33.9 Å². The van der Waals surface area contributed by atoms with Crippen molar-refractivity contribution >= 4 is 33.3 Å². The van der Waals surface area contributed by atoms with Gasteiger partial charge in [0.2, 0.25) is 0 Å². The Morgan fingerprint density at radius 3 is 2.72 bits per heavy atom. The van der Waals surface area contributed by atoms with Crippen molar-refractivity contribution < 1.29 is 8.78 Å². The first kappa shape index (κ1) is 12.7. The number of nitrogens with one attached hydrogen (secondary N) is 1. The SMILES string of the molecule is Cc1ccc(F)c(Nc2ncnc(N)c2Br)c1F. The standard InChI is InChI=1S/C11H9BrF2N4/c1-5-2-3-6(13)9(8(5)14)18-11-7(12)10(15)16-4-17-11/h2-4H,1H3,(H3,15,16,17,18). The summed E-state index contributed by atoms with van der Waals surface area (Å²) >= 11 is 3.15. The Balaban J connectivity index is 2.46. The number of nitrogens with zero attached hydrogens (tertiary/aromatic N) is 2. The lowest BCUT2D eigenvalue weighted by molar-refractivity contribution is 0.584. The predicted octanol–water partition coefficient (Wildman–Crippen LogP) is 3.15. The maximum Gasteiger partial charge on any atom is 0.152 e. The molecule has 0 spiro atoms. The van der Waals surface area contributed by atoms with Crippen LogP contribution in [0.25, 0.3) is 0 Å². The molecule has 18 heavy (non-hydrogen) atoms. The minimum atomic E-state index is -0.706. The fraction of sp³-hybridized carbons (Fsp3) is 0.0909. The molecule has 0 bridgehead atoms. The Bertz CT molecular complexity index is 604. The molecule has 7 heteroatoms. The lowest BCUT2D eigenvalue weighted by Crippen LogP contribution is -2.04. The van der Waals surface area contributed by atoms with Gasteiger partial charge in [-0.05, 0) is 34.5 Å². The van der Waals surface area contributed by atoms with Gasteiger partial charge in [0.25, 0.3) is 0 Å². The van der Waals surface area contributed by atoms with Gasteiger partial charge in [-0.2, -0.15) is 0 Å². The highest BCUT2D eigenvalue weighted by Gasteiger charge is 2.14. The molecule has 4 nitrogen and oxygen atoms in total. The molecule has 1 aromatic heterocycles. The van der Waals surface area contributed by atoms with Gasteiger partial charge >= 0.3 is 0 Å². The summed E-state index contributed by atoms with van der Waals surface area (Å²) in [5, 5.41) is 2.56. The largest absolute Gasteiger partial charge is 0.383 e. The number of hydrogen-bond acceptors (Lipinski definition) is 4. The monoisotopic (exact) mass is 314 g/mol. The van der Waals surface area contributed by atoms with E-state index in [1.54, 1.807) is 6.92 Å². The third kappa shape index (κ3) is 2.26. The number of nitrogens with two attached hydrogens (primary N) is 1. The maximum absolute atomic E-state index is 13.8. The van der Waals surface area contributed by atoms with Crippen molar-refractivity contribution in [2.24, 2.45) is 0 Å². The van der Waals surface area contributed by atoms with Crippen molar-refractivity contribution in [3.63, 3.8) is 0 Å². The molecule has 1 heterocycles. The third-order valence-corrected chi connectivity index (χ3v) is 3.13.